The lowest BCUT2D eigenvalue weighted by atomic mass is 9.61. The Labute approximate surface area is 110 Å². The summed E-state index contributed by atoms with van der Waals surface area (Å²) in [7, 11) is 0. The standard InChI is InChI=1S/C15H25NO2/c1-12(2)13-4-7-15(17,8-5-13)14(10-16)6-3-9-18-11-14/h12-13,17H,3-9,11H2,1-2H3. The van der Waals surface area contributed by atoms with Gasteiger partial charge in [-0.2, -0.15) is 5.26 Å². The highest BCUT2D eigenvalue weighted by molar-refractivity contribution is 5.13. The van der Waals surface area contributed by atoms with Crippen molar-refractivity contribution in [2.75, 3.05) is 13.2 Å². The van der Waals surface area contributed by atoms with E-state index in [9.17, 15) is 10.4 Å². The summed E-state index contributed by atoms with van der Waals surface area (Å²) in [6.45, 7) is 5.64. The molecule has 0 amide bonds. The van der Waals surface area contributed by atoms with E-state index in [0.717, 1.165) is 45.1 Å². The molecule has 0 aromatic carbocycles. The summed E-state index contributed by atoms with van der Waals surface area (Å²) in [5.41, 5.74) is -1.49. The number of nitriles is 1. The average molecular weight is 251 g/mol. The lowest BCUT2D eigenvalue weighted by molar-refractivity contribution is -0.142. The van der Waals surface area contributed by atoms with Gasteiger partial charge in [0.2, 0.25) is 0 Å². The van der Waals surface area contributed by atoms with E-state index in [1.807, 2.05) is 0 Å². The van der Waals surface area contributed by atoms with Gasteiger partial charge in [-0.25, -0.2) is 0 Å². The normalized spacial score (nSPS) is 41.6. The molecule has 3 heteroatoms. The molecule has 0 aromatic rings. The molecular weight excluding hydrogens is 226 g/mol. The van der Waals surface area contributed by atoms with Crippen LogP contribution in [0.1, 0.15) is 52.4 Å². The second kappa shape index (κ2) is 5.19. The van der Waals surface area contributed by atoms with E-state index in [1.54, 1.807) is 0 Å². The molecule has 1 atom stereocenters. The zero-order chi connectivity index (χ0) is 13.2. The first-order valence-corrected chi connectivity index (χ1v) is 7.24. The van der Waals surface area contributed by atoms with Crippen LogP contribution in [-0.2, 0) is 4.74 Å². The highest BCUT2D eigenvalue weighted by atomic mass is 16.5. The third-order valence-electron chi connectivity index (χ3n) is 5.15. The van der Waals surface area contributed by atoms with Crippen LogP contribution in [0, 0.1) is 28.6 Å². The second-order valence-electron chi connectivity index (χ2n) is 6.46. The Morgan fingerprint density at radius 2 is 1.94 bits per heavy atom. The minimum Gasteiger partial charge on any atom is -0.388 e. The zero-order valence-electron chi connectivity index (χ0n) is 11.6. The minimum atomic E-state index is -0.826. The van der Waals surface area contributed by atoms with Crippen molar-refractivity contribution in [3.05, 3.63) is 0 Å². The molecule has 2 aliphatic rings. The van der Waals surface area contributed by atoms with Gasteiger partial charge >= 0.3 is 0 Å². The molecule has 2 fully saturated rings. The fraction of sp³-hybridized carbons (Fsp3) is 0.933. The van der Waals surface area contributed by atoms with Gasteiger partial charge in [-0.15, -0.1) is 0 Å². The summed E-state index contributed by atoms with van der Waals surface area (Å²) in [5.74, 6) is 1.38. The van der Waals surface area contributed by atoms with Crippen LogP contribution in [0.4, 0.5) is 0 Å². The van der Waals surface area contributed by atoms with Crippen molar-refractivity contribution in [3.63, 3.8) is 0 Å². The van der Waals surface area contributed by atoms with Crippen molar-refractivity contribution in [2.24, 2.45) is 17.3 Å². The van der Waals surface area contributed by atoms with Crippen LogP contribution in [-0.4, -0.2) is 23.9 Å². The number of hydrogen-bond acceptors (Lipinski definition) is 3. The molecule has 0 spiro atoms. The van der Waals surface area contributed by atoms with Gasteiger partial charge in [0.1, 0.15) is 5.41 Å². The molecule has 1 saturated heterocycles. The van der Waals surface area contributed by atoms with Crippen LogP contribution in [0.15, 0.2) is 0 Å². The maximum atomic E-state index is 10.9. The molecular formula is C15H25NO2. The second-order valence-corrected chi connectivity index (χ2v) is 6.46. The highest BCUT2D eigenvalue weighted by Crippen LogP contribution is 2.48. The zero-order valence-corrected chi connectivity index (χ0v) is 11.6. The lowest BCUT2D eigenvalue weighted by Crippen LogP contribution is -2.54. The smallest absolute Gasteiger partial charge is 0.109 e. The van der Waals surface area contributed by atoms with E-state index >= 15 is 0 Å². The minimum absolute atomic E-state index is 0.409. The topological polar surface area (TPSA) is 53.2 Å². The Hall–Kier alpha value is -0.590. The van der Waals surface area contributed by atoms with Crippen LogP contribution in [0.2, 0.25) is 0 Å². The van der Waals surface area contributed by atoms with Crippen LogP contribution in [0.25, 0.3) is 0 Å². The largest absolute Gasteiger partial charge is 0.388 e. The maximum Gasteiger partial charge on any atom is 0.109 e. The number of aliphatic hydroxyl groups is 1. The van der Waals surface area contributed by atoms with Gasteiger partial charge in [-0.05, 0) is 50.4 Å². The van der Waals surface area contributed by atoms with E-state index in [1.165, 1.54) is 0 Å². The molecule has 1 aliphatic heterocycles. The Morgan fingerprint density at radius 3 is 2.39 bits per heavy atom. The maximum absolute atomic E-state index is 10.9. The third kappa shape index (κ3) is 2.29. The van der Waals surface area contributed by atoms with Gasteiger partial charge in [-0.1, -0.05) is 13.8 Å². The van der Waals surface area contributed by atoms with Crippen LogP contribution < -0.4 is 0 Å². The summed E-state index contributed by atoms with van der Waals surface area (Å²) in [6.07, 6.45) is 5.27. The highest BCUT2D eigenvalue weighted by Gasteiger charge is 2.53. The Kier molecular flexibility index (Phi) is 3.99. The summed E-state index contributed by atoms with van der Waals surface area (Å²) in [6, 6.07) is 2.40. The van der Waals surface area contributed by atoms with Gasteiger partial charge in [0, 0.05) is 6.61 Å². The van der Waals surface area contributed by atoms with Crippen LogP contribution in [0.5, 0.6) is 0 Å². The fourth-order valence-corrected chi connectivity index (χ4v) is 3.62. The van der Waals surface area contributed by atoms with Crippen LogP contribution >= 0.6 is 0 Å². The molecule has 3 nitrogen and oxygen atoms in total. The van der Waals surface area contributed by atoms with E-state index < -0.39 is 11.0 Å². The van der Waals surface area contributed by atoms with E-state index in [-0.39, 0.29) is 0 Å². The molecule has 1 saturated carbocycles. The summed E-state index contributed by atoms with van der Waals surface area (Å²) in [4.78, 5) is 0. The number of rotatable bonds is 2. The van der Waals surface area contributed by atoms with E-state index in [0.29, 0.717) is 18.4 Å². The average Bonchev–Trinajstić information content (AvgIpc) is 2.40. The lowest BCUT2D eigenvalue weighted by Gasteiger charge is -2.48. The molecule has 0 radical (unpaired) electrons. The summed E-state index contributed by atoms with van der Waals surface area (Å²) in [5, 5.41) is 20.5. The SMILES string of the molecule is CC(C)C1CCC(O)(C2(C#N)CCCOC2)CC1. The molecule has 1 N–H and O–H groups in total. The molecule has 18 heavy (non-hydrogen) atoms. The molecule has 1 aliphatic carbocycles. The van der Waals surface area contributed by atoms with Crippen molar-refractivity contribution in [2.45, 2.75) is 58.0 Å². The van der Waals surface area contributed by atoms with Crippen molar-refractivity contribution in [1.82, 2.24) is 0 Å². The first-order valence-electron chi connectivity index (χ1n) is 7.24. The number of nitrogens with zero attached hydrogens (tertiary/aromatic N) is 1. The van der Waals surface area contributed by atoms with E-state index in [4.69, 9.17) is 4.74 Å². The predicted molar refractivity (Wildman–Crippen MR) is 69.8 cm³/mol. The van der Waals surface area contributed by atoms with Gasteiger partial charge in [0.25, 0.3) is 0 Å². The predicted octanol–water partition coefficient (Wildman–Crippen LogP) is 2.88. The van der Waals surface area contributed by atoms with Gasteiger partial charge < -0.3 is 9.84 Å². The fourth-order valence-electron chi connectivity index (χ4n) is 3.62. The van der Waals surface area contributed by atoms with Crippen molar-refractivity contribution >= 4 is 0 Å². The Morgan fingerprint density at radius 1 is 1.28 bits per heavy atom. The van der Waals surface area contributed by atoms with Crippen molar-refractivity contribution in [1.29, 1.82) is 5.26 Å². The quantitative estimate of drug-likeness (QED) is 0.821. The molecule has 102 valence electrons. The first-order chi connectivity index (χ1) is 8.53. The van der Waals surface area contributed by atoms with Crippen molar-refractivity contribution in [3.8, 4) is 6.07 Å². The summed E-state index contributed by atoms with van der Waals surface area (Å²) >= 11 is 0. The van der Waals surface area contributed by atoms with Crippen molar-refractivity contribution < 1.29 is 9.84 Å². The molecule has 1 heterocycles. The van der Waals surface area contributed by atoms with Gasteiger partial charge in [-0.3, -0.25) is 0 Å². The third-order valence-corrected chi connectivity index (χ3v) is 5.15. The summed E-state index contributed by atoms with van der Waals surface area (Å²) < 4.78 is 5.49. The Bertz CT molecular complexity index is 318. The van der Waals surface area contributed by atoms with Crippen LogP contribution in [0.3, 0.4) is 0 Å². The first kappa shape index (κ1) is 13.8. The van der Waals surface area contributed by atoms with E-state index in [2.05, 4.69) is 19.9 Å². The monoisotopic (exact) mass is 251 g/mol. The molecule has 0 bridgehead atoms. The van der Waals surface area contributed by atoms with Gasteiger partial charge in [0.15, 0.2) is 0 Å². The number of ether oxygens (including phenoxy) is 1. The molecule has 0 aromatic heterocycles. The molecule has 1 unspecified atom stereocenters. The molecule has 2 rings (SSSR count). The number of hydrogen-bond donors (Lipinski definition) is 1. The Balaban J connectivity index is 2.09. The van der Waals surface area contributed by atoms with Gasteiger partial charge in [0.05, 0.1) is 18.3 Å².